The molecular formula is C15H28N2O2. The van der Waals surface area contributed by atoms with Gasteiger partial charge in [0.2, 0.25) is 0 Å². The maximum Gasteiger partial charge on any atom is 0.304 e. The van der Waals surface area contributed by atoms with Crippen LogP contribution < -0.4 is 0 Å². The molecule has 1 aliphatic carbocycles. The fourth-order valence-corrected chi connectivity index (χ4v) is 3.87. The molecule has 2 fully saturated rings. The van der Waals surface area contributed by atoms with Crippen LogP contribution in [0.5, 0.6) is 0 Å². The summed E-state index contributed by atoms with van der Waals surface area (Å²) in [6, 6.07) is 1.31. The molecule has 0 spiro atoms. The Kier molecular flexibility index (Phi) is 5.22. The minimum absolute atomic E-state index is 0.183. The lowest BCUT2D eigenvalue weighted by Crippen LogP contribution is -2.51. The average molecular weight is 268 g/mol. The first-order chi connectivity index (χ1) is 9.08. The van der Waals surface area contributed by atoms with Gasteiger partial charge in [-0.1, -0.05) is 19.3 Å². The molecule has 1 heterocycles. The fraction of sp³-hybridized carbons (Fsp3) is 0.933. The van der Waals surface area contributed by atoms with Crippen molar-refractivity contribution in [3.8, 4) is 0 Å². The monoisotopic (exact) mass is 268 g/mol. The molecule has 2 aliphatic rings. The number of aliphatic carboxylic acids is 1. The van der Waals surface area contributed by atoms with Gasteiger partial charge in [-0.3, -0.25) is 9.69 Å². The van der Waals surface area contributed by atoms with Crippen molar-refractivity contribution in [3.05, 3.63) is 0 Å². The van der Waals surface area contributed by atoms with E-state index in [1.165, 1.54) is 32.1 Å². The first-order valence-electron chi connectivity index (χ1n) is 7.75. The third-order valence-corrected chi connectivity index (χ3v) is 4.79. The summed E-state index contributed by atoms with van der Waals surface area (Å²) in [7, 11) is 2.12. The van der Waals surface area contributed by atoms with Crippen molar-refractivity contribution in [1.29, 1.82) is 0 Å². The number of carboxylic acid groups (broad SMARTS) is 1. The molecule has 110 valence electrons. The smallest absolute Gasteiger partial charge is 0.304 e. The normalized spacial score (nSPS) is 32.1. The number of carboxylic acids is 1. The third-order valence-electron chi connectivity index (χ3n) is 4.79. The highest BCUT2D eigenvalue weighted by Gasteiger charge is 2.34. The summed E-state index contributed by atoms with van der Waals surface area (Å²) in [4.78, 5) is 16.0. The molecule has 0 aromatic carbocycles. The van der Waals surface area contributed by atoms with Crippen molar-refractivity contribution in [3.63, 3.8) is 0 Å². The van der Waals surface area contributed by atoms with Crippen LogP contribution in [-0.2, 0) is 4.79 Å². The SMILES string of the molecule is CC1CCN(C)CC(CC(=O)O)N1C1CCCCC1. The van der Waals surface area contributed by atoms with E-state index in [4.69, 9.17) is 0 Å². The Hall–Kier alpha value is -0.610. The predicted octanol–water partition coefficient (Wildman–Crippen LogP) is 2.19. The highest BCUT2D eigenvalue weighted by atomic mass is 16.4. The van der Waals surface area contributed by atoms with E-state index in [1.54, 1.807) is 0 Å². The summed E-state index contributed by atoms with van der Waals surface area (Å²) < 4.78 is 0. The molecular weight excluding hydrogens is 240 g/mol. The van der Waals surface area contributed by atoms with Crippen molar-refractivity contribution in [1.82, 2.24) is 9.80 Å². The number of nitrogens with zero attached hydrogens (tertiary/aromatic N) is 2. The van der Waals surface area contributed by atoms with Gasteiger partial charge in [0.05, 0.1) is 6.42 Å². The lowest BCUT2D eigenvalue weighted by Gasteiger charge is -2.42. The molecule has 0 bridgehead atoms. The van der Waals surface area contributed by atoms with Crippen LogP contribution in [0, 0.1) is 0 Å². The van der Waals surface area contributed by atoms with E-state index in [9.17, 15) is 9.90 Å². The standard InChI is InChI=1S/C15H28N2O2/c1-12-8-9-16(2)11-14(10-15(18)19)17(12)13-6-4-3-5-7-13/h12-14H,3-11H2,1-2H3,(H,18,19). The first-order valence-corrected chi connectivity index (χ1v) is 7.75. The lowest BCUT2D eigenvalue weighted by molar-refractivity contribution is -0.139. The molecule has 1 saturated heterocycles. The summed E-state index contributed by atoms with van der Waals surface area (Å²) in [5, 5.41) is 9.20. The van der Waals surface area contributed by atoms with E-state index in [0.717, 1.165) is 19.5 Å². The second-order valence-electron chi connectivity index (χ2n) is 6.39. The van der Waals surface area contributed by atoms with Crippen molar-refractivity contribution < 1.29 is 9.90 Å². The predicted molar refractivity (Wildman–Crippen MR) is 76.3 cm³/mol. The van der Waals surface area contributed by atoms with Crippen molar-refractivity contribution in [2.24, 2.45) is 0 Å². The van der Waals surface area contributed by atoms with Crippen molar-refractivity contribution in [2.75, 3.05) is 20.1 Å². The first kappa shape index (κ1) is 14.8. The maximum absolute atomic E-state index is 11.2. The van der Waals surface area contributed by atoms with Gasteiger partial charge in [0.15, 0.2) is 0 Å². The number of hydrogen-bond donors (Lipinski definition) is 1. The van der Waals surface area contributed by atoms with E-state index in [0.29, 0.717) is 12.1 Å². The molecule has 1 saturated carbocycles. The third kappa shape index (κ3) is 3.93. The van der Waals surface area contributed by atoms with E-state index in [2.05, 4.69) is 23.8 Å². The van der Waals surface area contributed by atoms with Crippen LogP contribution in [0.25, 0.3) is 0 Å². The zero-order valence-corrected chi connectivity index (χ0v) is 12.3. The van der Waals surface area contributed by atoms with Crippen molar-refractivity contribution in [2.45, 2.75) is 70.0 Å². The van der Waals surface area contributed by atoms with E-state index < -0.39 is 5.97 Å². The number of rotatable bonds is 3. The Balaban J connectivity index is 2.13. The minimum Gasteiger partial charge on any atom is -0.481 e. The van der Waals surface area contributed by atoms with Gasteiger partial charge in [-0.2, -0.15) is 0 Å². The number of carbonyl (C=O) groups is 1. The highest BCUT2D eigenvalue weighted by Crippen LogP contribution is 2.29. The second-order valence-corrected chi connectivity index (χ2v) is 6.39. The summed E-state index contributed by atoms with van der Waals surface area (Å²) in [5.74, 6) is -0.659. The molecule has 0 amide bonds. The molecule has 0 aromatic rings. The summed E-state index contributed by atoms with van der Waals surface area (Å²) in [6.07, 6.45) is 7.91. The molecule has 2 unspecified atom stereocenters. The molecule has 0 radical (unpaired) electrons. The van der Waals surface area contributed by atoms with E-state index in [-0.39, 0.29) is 12.5 Å². The molecule has 1 aliphatic heterocycles. The summed E-state index contributed by atoms with van der Waals surface area (Å²) in [5.41, 5.74) is 0. The van der Waals surface area contributed by atoms with Crippen LogP contribution in [-0.4, -0.2) is 59.1 Å². The Morgan fingerprint density at radius 2 is 1.89 bits per heavy atom. The van der Waals surface area contributed by atoms with E-state index in [1.807, 2.05) is 0 Å². The molecule has 1 N–H and O–H groups in total. The van der Waals surface area contributed by atoms with Gasteiger partial charge in [-0.05, 0) is 39.8 Å². The van der Waals surface area contributed by atoms with Gasteiger partial charge in [-0.15, -0.1) is 0 Å². The number of hydrogen-bond acceptors (Lipinski definition) is 3. The molecule has 0 aromatic heterocycles. The molecule has 4 heteroatoms. The van der Waals surface area contributed by atoms with Crippen molar-refractivity contribution >= 4 is 5.97 Å². The quantitative estimate of drug-likeness (QED) is 0.852. The second kappa shape index (κ2) is 6.71. The highest BCUT2D eigenvalue weighted by molar-refractivity contribution is 5.67. The van der Waals surface area contributed by atoms with Crippen LogP contribution >= 0.6 is 0 Å². The lowest BCUT2D eigenvalue weighted by atomic mass is 9.91. The molecule has 19 heavy (non-hydrogen) atoms. The molecule has 4 nitrogen and oxygen atoms in total. The van der Waals surface area contributed by atoms with E-state index >= 15 is 0 Å². The minimum atomic E-state index is -0.659. The maximum atomic E-state index is 11.2. The van der Waals surface area contributed by atoms with Crippen LogP contribution in [0.3, 0.4) is 0 Å². The average Bonchev–Trinajstić information content (AvgIpc) is 2.49. The zero-order chi connectivity index (χ0) is 13.8. The van der Waals surface area contributed by atoms with Gasteiger partial charge < -0.3 is 10.0 Å². The largest absolute Gasteiger partial charge is 0.481 e. The van der Waals surface area contributed by atoms with Gasteiger partial charge in [-0.25, -0.2) is 0 Å². The zero-order valence-electron chi connectivity index (χ0n) is 12.3. The van der Waals surface area contributed by atoms with Crippen LogP contribution in [0.4, 0.5) is 0 Å². The van der Waals surface area contributed by atoms with Gasteiger partial charge in [0.25, 0.3) is 0 Å². The molecule has 2 rings (SSSR count). The molecule has 2 atom stereocenters. The topological polar surface area (TPSA) is 43.8 Å². The number of likely N-dealkylation sites (N-methyl/N-ethyl adjacent to an activating group) is 1. The summed E-state index contributed by atoms with van der Waals surface area (Å²) >= 11 is 0. The fourth-order valence-electron chi connectivity index (χ4n) is 3.87. The van der Waals surface area contributed by atoms with Crippen LogP contribution in [0.1, 0.15) is 51.9 Å². The van der Waals surface area contributed by atoms with Gasteiger partial charge in [0.1, 0.15) is 0 Å². The van der Waals surface area contributed by atoms with Gasteiger partial charge in [0, 0.05) is 24.7 Å². The summed E-state index contributed by atoms with van der Waals surface area (Å²) in [6.45, 7) is 4.26. The Morgan fingerprint density at radius 3 is 2.53 bits per heavy atom. The van der Waals surface area contributed by atoms with Crippen LogP contribution in [0.15, 0.2) is 0 Å². The Labute approximate surface area is 116 Å². The van der Waals surface area contributed by atoms with Gasteiger partial charge >= 0.3 is 5.97 Å². The van der Waals surface area contributed by atoms with Crippen LogP contribution in [0.2, 0.25) is 0 Å². The Morgan fingerprint density at radius 1 is 1.21 bits per heavy atom. The Bertz CT molecular complexity index is 303.